The Labute approximate surface area is 220 Å². The third-order valence-corrected chi connectivity index (χ3v) is 6.69. The number of benzene rings is 2. The predicted molar refractivity (Wildman–Crippen MR) is 138 cm³/mol. The molecule has 2 heterocycles. The Hall–Kier alpha value is -3.56. The molecule has 3 N–H and O–H groups in total. The molecule has 0 spiro atoms. The van der Waals surface area contributed by atoms with E-state index in [9.17, 15) is 18.4 Å². The molecule has 3 aromatic rings. The van der Waals surface area contributed by atoms with Crippen LogP contribution in [-0.2, 0) is 40.3 Å². The van der Waals surface area contributed by atoms with Gasteiger partial charge in [0.05, 0.1) is 18.7 Å². The Morgan fingerprint density at radius 1 is 1.13 bits per heavy atom. The van der Waals surface area contributed by atoms with Crippen molar-refractivity contribution < 1.29 is 27.5 Å². The molecule has 3 atom stereocenters. The number of aryl methyl sites for hydroxylation is 1. The van der Waals surface area contributed by atoms with Gasteiger partial charge in [0, 0.05) is 38.2 Å². The molecule has 1 aliphatic rings. The summed E-state index contributed by atoms with van der Waals surface area (Å²) in [6.45, 7) is 3.34. The van der Waals surface area contributed by atoms with E-state index >= 15 is 0 Å². The van der Waals surface area contributed by atoms with Crippen LogP contribution in [-0.4, -0.2) is 42.0 Å². The lowest BCUT2D eigenvalue weighted by Gasteiger charge is -2.26. The molecule has 0 aliphatic carbocycles. The number of nitrogens with two attached hydrogens (primary N) is 1. The summed E-state index contributed by atoms with van der Waals surface area (Å²) in [5.41, 5.74) is 9.07. The molecule has 2 aromatic carbocycles. The SMILES string of the molecule is CCc1cccc(CNC[C@@H](OC(=O)C2CC(=O)N(Cc3ccco3)C2)[C@@H](N)Cc2cc(F)cc(F)c2)c1. The third kappa shape index (κ3) is 7.49. The van der Waals surface area contributed by atoms with Gasteiger partial charge in [-0.1, -0.05) is 31.2 Å². The summed E-state index contributed by atoms with van der Waals surface area (Å²) < 4.78 is 38.6. The number of hydrogen-bond acceptors (Lipinski definition) is 6. The number of ether oxygens (including phenoxy) is 1. The van der Waals surface area contributed by atoms with Gasteiger partial charge < -0.3 is 25.1 Å². The molecular formula is C29H33F2N3O4. The molecule has 9 heteroatoms. The maximum absolute atomic E-state index is 13.7. The Kier molecular flexibility index (Phi) is 9.25. The van der Waals surface area contributed by atoms with E-state index in [0.29, 0.717) is 17.9 Å². The quantitative estimate of drug-likeness (QED) is 0.350. The van der Waals surface area contributed by atoms with Crippen LogP contribution in [0.3, 0.4) is 0 Å². The number of amides is 1. The summed E-state index contributed by atoms with van der Waals surface area (Å²) in [6, 6.07) is 14.1. The number of carbonyl (C=O) groups excluding carboxylic acids is 2. The Balaban J connectivity index is 1.41. The second kappa shape index (κ2) is 12.8. The standard InChI is InChI=1S/C29H33F2N3O4/c1-2-19-5-3-6-20(9-19)15-33-16-27(26(32)12-21-10-23(30)14-24(31)11-21)38-29(36)22-13-28(35)34(17-22)18-25-7-4-8-37-25/h3-11,14,22,26-27,33H,2,12-13,15-18,32H2,1H3/t22?,26-,27+/m0/s1. The van der Waals surface area contributed by atoms with E-state index < -0.39 is 35.7 Å². The number of carbonyl (C=O) groups is 2. The smallest absolute Gasteiger partial charge is 0.311 e. The van der Waals surface area contributed by atoms with E-state index in [-0.39, 0.29) is 38.4 Å². The maximum Gasteiger partial charge on any atom is 0.311 e. The topological polar surface area (TPSA) is 97.8 Å². The zero-order valence-corrected chi connectivity index (χ0v) is 21.4. The van der Waals surface area contributed by atoms with Gasteiger partial charge in [0.2, 0.25) is 5.91 Å². The number of halogens is 2. The zero-order valence-electron chi connectivity index (χ0n) is 21.4. The van der Waals surface area contributed by atoms with Crippen LogP contribution < -0.4 is 11.1 Å². The van der Waals surface area contributed by atoms with Crippen molar-refractivity contribution in [3.05, 3.63) is 94.9 Å². The molecule has 1 aliphatic heterocycles. The zero-order chi connectivity index (χ0) is 27.1. The Bertz CT molecular complexity index is 1210. The Morgan fingerprint density at radius 3 is 2.61 bits per heavy atom. The largest absolute Gasteiger partial charge is 0.467 e. The van der Waals surface area contributed by atoms with Crippen LogP contribution in [0.4, 0.5) is 8.78 Å². The van der Waals surface area contributed by atoms with Gasteiger partial charge in [0.1, 0.15) is 23.5 Å². The minimum absolute atomic E-state index is 0.0356. The highest BCUT2D eigenvalue weighted by atomic mass is 19.1. The number of nitrogens with one attached hydrogen (secondary N) is 1. The molecule has 0 bridgehead atoms. The van der Waals surface area contributed by atoms with Gasteiger partial charge in [-0.15, -0.1) is 0 Å². The second-order valence-corrected chi connectivity index (χ2v) is 9.68. The summed E-state index contributed by atoms with van der Waals surface area (Å²) >= 11 is 0. The second-order valence-electron chi connectivity index (χ2n) is 9.68. The molecular weight excluding hydrogens is 492 g/mol. The number of esters is 1. The highest BCUT2D eigenvalue weighted by Gasteiger charge is 2.37. The first kappa shape index (κ1) is 27.5. The fourth-order valence-electron chi connectivity index (χ4n) is 4.65. The molecule has 1 aromatic heterocycles. The first-order valence-electron chi connectivity index (χ1n) is 12.8. The van der Waals surface area contributed by atoms with Crippen molar-refractivity contribution >= 4 is 11.9 Å². The van der Waals surface area contributed by atoms with Crippen LogP contribution in [0.1, 0.15) is 35.8 Å². The molecule has 38 heavy (non-hydrogen) atoms. The number of furan rings is 1. The van der Waals surface area contributed by atoms with Gasteiger partial charge in [-0.3, -0.25) is 9.59 Å². The lowest BCUT2D eigenvalue weighted by Crippen LogP contribution is -2.46. The first-order chi connectivity index (χ1) is 18.3. The molecule has 1 saturated heterocycles. The van der Waals surface area contributed by atoms with Crippen LogP contribution >= 0.6 is 0 Å². The summed E-state index contributed by atoms with van der Waals surface area (Å²) in [5, 5.41) is 3.29. The van der Waals surface area contributed by atoms with Crippen LogP contribution in [0.25, 0.3) is 0 Å². The van der Waals surface area contributed by atoms with Crippen LogP contribution in [0.5, 0.6) is 0 Å². The van der Waals surface area contributed by atoms with Crippen LogP contribution in [0.2, 0.25) is 0 Å². The fraction of sp³-hybridized carbons (Fsp3) is 0.379. The predicted octanol–water partition coefficient (Wildman–Crippen LogP) is 3.74. The highest BCUT2D eigenvalue weighted by Crippen LogP contribution is 2.23. The van der Waals surface area contributed by atoms with Crippen molar-refractivity contribution in [2.45, 2.75) is 51.4 Å². The van der Waals surface area contributed by atoms with Gasteiger partial charge in [-0.05, 0) is 53.8 Å². The van der Waals surface area contributed by atoms with Gasteiger partial charge in [0.15, 0.2) is 0 Å². The maximum atomic E-state index is 13.7. The molecule has 1 fully saturated rings. The average Bonchev–Trinajstić information content (AvgIpc) is 3.53. The molecule has 7 nitrogen and oxygen atoms in total. The normalized spacial score (nSPS) is 17.0. The summed E-state index contributed by atoms with van der Waals surface area (Å²) in [7, 11) is 0. The van der Waals surface area contributed by atoms with Crippen molar-refractivity contribution in [2.75, 3.05) is 13.1 Å². The van der Waals surface area contributed by atoms with Crippen molar-refractivity contribution in [2.24, 2.45) is 11.7 Å². The van der Waals surface area contributed by atoms with Crippen molar-refractivity contribution in [3.8, 4) is 0 Å². The van der Waals surface area contributed by atoms with E-state index in [1.165, 1.54) is 24.0 Å². The van der Waals surface area contributed by atoms with Gasteiger partial charge in [-0.2, -0.15) is 0 Å². The van der Waals surface area contributed by atoms with Crippen molar-refractivity contribution in [3.63, 3.8) is 0 Å². The summed E-state index contributed by atoms with van der Waals surface area (Å²) in [6.07, 6.45) is 1.81. The highest BCUT2D eigenvalue weighted by molar-refractivity contribution is 5.86. The number of hydrogen-bond donors (Lipinski definition) is 2. The molecule has 202 valence electrons. The van der Waals surface area contributed by atoms with Crippen molar-refractivity contribution in [1.29, 1.82) is 0 Å². The molecule has 1 unspecified atom stereocenters. The lowest BCUT2D eigenvalue weighted by molar-refractivity contribution is -0.154. The third-order valence-electron chi connectivity index (χ3n) is 6.69. The van der Waals surface area contributed by atoms with Crippen LogP contribution in [0.15, 0.2) is 65.3 Å². The van der Waals surface area contributed by atoms with Gasteiger partial charge in [-0.25, -0.2) is 8.78 Å². The van der Waals surface area contributed by atoms with Gasteiger partial charge in [0.25, 0.3) is 0 Å². The number of nitrogens with zero attached hydrogens (tertiary/aromatic N) is 1. The lowest BCUT2D eigenvalue weighted by atomic mass is 10.0. The minimum Gasteiger partial charge on any atom is -0.467 e. The summed E-state index contributed by atoms with van der Waals surface area (Å²) in [5.74, 6) is -2.09. The molecule has 0 radical (unpaired) electrons. The number of rotatable bonds is 12. The van der Waals surface area contributed by atoms with E-state index in [1.807, 2.05) is 12.1 Å². The van der Waals surface area contributed by atoms with Crippen LogP contribution in [0, 0.1) is 17.6 Å². The van der Waals surface area contributed by atoms with E-state index in [2.05, 4.69) is 24.4 Å². The van der Waals surface area contributed by atoms with E-state index in [4.69, 9.17) is 14.9 Å². The number of likely N-dealkylation sites (tertiary alicyclic amines) is 1. The Morgan fingerprint density at radius 2 is 1.89 bits per heavy atom. The fourth-order valence-corrected chi connectivity index (χ4v) is 4.65. The van der Waals surface area contributed by atoms with Gasteiger partial charge >= 0.3 is 5.97 Å². The van der Waals surface area contributed by atoms with E-state index in [1.54, 1.807) is 17.0 Å². The molecule has 1 amide bonds. The molecule has 0 saturated carbocycles. The van der Waals surface area contributed by atoms with Crippen molar-refractivity contribution in [1.82, 2.24) is 10.2 Å². The van der Waals surface area contributed by atoms with E-state index in [0.717, 1.165) is 18.1 Å². The molecule has 4 rings (SSSR count). The minimum atomic E-state index is -0.780. The summed E-state index contributed by atoms with van der Waals surface area (Å²) in [4.78, 5) is 27.2. The average molecular weight is 526 g/mol. The first-order valence-corrected chi connectivity index (χ1v) is 12.8. The monoisotopic (exact) mass is 525 g/mol.